The van der Waals surface area contributed by atoms with Gasteiger partial charge in [0.2, 0.25) is 11.8 Å². The van der Waals surface area contributed by atoms with E-state index in [0.717, 1.165) is 49.0 Å². The third-order valence-corrected chi connectivity index (χ3v) is 7.27. The number of amides is 2. The number of nitrogens with zero attached hydrogens (tertiary/aromatic N) is 3. The zero-order valence-electron chi connectivity index (χ0n) is 19.1. The summed E-state index contributed by atoms with van der Waals surface area (Å²) >= 11 is 6.49. The lowest BCUT2D eigenvalue weighted by molar-refractivity contribution is -0.140. The Morgan fingerprint density at radius 3 is 2.73 bits per heavy atom. The third-order valence-electron chi connectivity index (χ3n) is 6.97. The third kappa shape index (κ3) is 4.64. The molecule has 1 aliphatic carbocycles. The molecular weight excluding hydrogens is 442 g/mol. The van der Waals surface area contributed by atoms with Crippen molar-refractivity contribution in [2.24, 2.45) is 17.3 Å². The molecule has 0 unspecified atom stereocenters. The van der Waals surface area contributed by atoms with Gasteiger partial charge in [-0.2, -0.15) is 5.10 Å². The Kier molecular flexibility index (Phi) is 5.91. The van der Waals surface area contributed by atoms with Gasteiger partial charge in [-0.25, -0.2) is 4.98 Å². The number of aromatic nitrogens is 3. The predicted octanol–water partition coefficient (Wildman–Crippen LogP) is 3.44. The molecule has 2 aromatic heterocycles. The maximum atomic E-state index is 13.0. The van der Waals surface area contributed by atoms with Crippen LogP contribution in [0.4, 0.5) is 5.82 Å². The molecule has 1 saturated heterocycles. The monoisotopic (exact) mass is 471 g/mol. The zero-order valence-corrected chi connectivity index (χ0v) is 19.8. The minimum absolute atomic E-state index is 0.0229. The second-order valence-corrected chi connectivity index (χ2v) is 10.8. The highest BCUT2D eigenvalue weighted by atomic mass is 35.5. The highest BCUT2D eigenvalue weighted by molar-refractivity contribution is 6.33. The van der Waals surface area contributed by atoms with Crippen LogP contribution in [0.3, 0.4) is 0 Å². The van der Waals surface area contributed by atoms with E-state index in [1.54, 1.807) is 6.20 Å². The van der Waals surface area contributed by atoms with Crippen molar-refractivity contribution in [3.8, 4) is 11.1 Å². The van der Waals surface area contributed by atoms with Gasteiger partial charge in [-0.1, -0.05) is 31.9 Å². The molecule has 2 aliphatic heterocycles. The Hall–Kier alpha value is -2.45. The van der Waals surface area contributed by atoms with Crippen LogP contribution in [0.2, 0.25) is 5.02 Å². The van der Waals surface area contributed by atoms with Crippen LogP contribution in [0, 0.1) is 17.3 Å². The lowest BCUT2D eigenvalue weighted by Gasteiger charge is -2.32. The number of fused-ring (bicyclic) bond motifs is 1. The van der Waals surface area contributed by atoms with Gasteiger partial charge in [-0.3, -0.25) is 14.3 Å². The summed E-state index contributed by atoms with van der Waals surface area (Å²) in [5, 5.41) is 11.1. The first-order valence-corrected chi connectivity index (χ1v) is 12.1. The molecule has 4 heterocycles. The van der Waals surface area contributed by atoms with Crippen LogP contribution < -0.4 is 10.6 Å². The van der Waals surface area contributed by atoms with Gasteiger partial charge in [0, 0.05) is 41.5 Å². The van der Waals surface area contributed by atoms with Crippen molar-refractivity contribution in [1.82, 2.24) is 20.1 Å². The van der Waals surface area contributed by atoms with Crippen LogP contribution >= 0.6 is 11.6 Å². The van der Waals surface area contributed by atoms with Crippen LogP contribution in [0.5, 0.6) is 0 Å². The average Bonchev–Trinajstić information content (AvgIpc) is 3.23. The Labute approximate surface area is 198 Å². The van der Waals surface area contributed by atoms with E-state index in [2.05, 4.69) is 34.6 Å². The van der Waals surface area contributed by atoms with Crippen LogP contribution in [-0.2, 0) is 27.3 Å². The maximum Gasteiger partial charge on any atom is 0.228 e. The van der Waals surface area contributed by atoms with Crippen molar-refractivity contribution in [2.45, 2.75) is 58.5 Å². The van der Waals surface area contributed by atoms with Crippen molar-refractivity contribution >= 4 is 29.2 Å². The summed E-state index contributed by atoms with van der Waals surface area (Å²) in [4.78, 5) is 29.6. The van der Waals surface area contributed by atoms with Gasteiger partial charge in [0.1, 0.15) is 5.82 Å². The number of hydrogen-bond acceptors (Lipinski definition) is 5. The summed E-state index contributed by atoms with van der Waals surface area (Å²) in [5.41, 5.74) is 3.14. The fourth-order valence-corrected chi connectivity index (χ4v) is 5.29. The van der Waals surface area contributed by atoms with Crippen molar-refractivity contribution in [3.05, 3.63) is 29.2 Å². The summed E-state index contributed by atoms with van der Waals surface area (Å²) in [7, 11) is 0. The van der Waals surface area contributed by atoms with Crippen molar-refractivity contribution < 1.29 is 14.3 Å². The van der Waals surface area contributed by atoms with Crippen LogP contribution in [0.15, 0.2) is 18.5 Å². The van der Waals surface area contributed by atoms with E-state index < -0.39 is 0 Å². The maximum absolute atomic E-state index is 13.0. The molecule has 0 radical (unpaired) electrons. The summed E-state index contributed by atoms with van der Waals surface area (Å²) in [6.07, 6.45) is 7.59. The van der Waals surface area contributed by atoms with Crippen molar-refractivity contribution in [3.63, 3.8) is 0 Å². The summed E-state index contributed by atoms with van der Waals surface area (Å²) < 4.78 is 7.14. The van der Waals surface area contributed by atoms with E-state index in [4.69, 9.17) is 16.3 Å². The minimum atomic E-state index is -0.163. The van der Waals surface area contributed by atoms with E-state index in [9.17, 15) is 9.59 Å². The summed E-state index contributed by atoms with van der Waals surface area (Å²) in [5.74, 6) is 0.237. The summed E-state index contributed by atoms with van der Waals surface area (Å²) in [6, 6.07) is 1.86. The number of hydrogen-bond donors (Lipinski definition) is 2. The van der Waals surface area contributed by atoms with Gasteiger partial charge in [-0.15, -0.1) is 0 Å². The first-order chi connectivity index (χ1) is 15.8. The lowest BCUT2D eigenvalue weighted by Crippen LogP contribution is -2.48. The molecule has 2 N–H and O–H groups in total. The number of pyridine rings is 1. The van der Waals surface area contributed by atoms with Gasteiger partial charge in [-0.05, 0) is 37.2 Å². The first kappa shape index (κ1) is 22.3. The standard InChI is InChI=1S/C24H30ClN5O3/c1-24(2)8-20-18(9-27-30(20)13-24)17-7-21(26-10-19(17)25)29-22(31)14-4-3-5-16(6-14)28-23(32)15-11-33-12-15/h7,9-10,14-16H,3-6,8,11-13H2,1-2H3,(H,28,32)(H,26,29,31)/t14-,16+/m0/s1. The predicted molar refractivity (Wildman–Crippen MR) is 125 cm³/mol. The number of halogens is 1. The minimum Gasteiger partial charge on any atom is -0.380 e. The quantitative estimate of drug-likeness (QED) is 0.696. The molecule has 0 bridgehead atoms. The van der Waals surface area contributed by atoms with E-state index in [-0.39, 0.29) is 35.1 Å². The largest absolute Gasteiger partial charge is 0.380 e. The number of nitrogens with one attached hydrogen (secondary N) is 2. The van der Waals surface area contributed by atoms with Crippen molar-refractivity contribution in [1.29, 1.82) is 0 Å². The van der Waals surface area contributed by atoms with E-state index in [0.29, 0.717) is 30.5 Å². The molecule has 1 saturated carbocycles. The Bertz CT molecular complexity index is 1080. The fourth-order valence-electron chi connectivity index (χ4n) is 5.08. The number of ether oxygens (including phenoxy) is 1. The number of carbonyl (C=O) groups excluding carboxylic acids is 2. The van der Waals surface area contributed by atoms with Gasteiger partial charge >= 0.3 is 0 Å². The molecule has 9 heteroatoms. The summed E-state index contributed by atoms with van der Waals surface area (Å²) in [6.45, 7) is 6.31. The fraction of sp³-hybridized carbons (Fsp3) is 0.583. The normalized spacial score (nSPS) is 24.1. The molecule has 33 heavy (non-hydrogen) atoms. The van der Waals surface area contributed by atoms with Crippen molar-refractivity contribution in [2.75, 3.05) is 18.5 Å². The molecule has 8 nitrogen and oxygen atoms in total. The molecule has 0 spiro atoms. The van der Waals surface area contributed by atoms with Crippen LogP contribution in [0.1, 0.15) is 45.2 Å². The van der Waals surface area contributed by atoms with Gasteiger partial charge < -0.3 is 15.4 Å². The molecule has 2 aromatic rings. The van der Waals surface area contributed by atoms with E-state index >= 15 is 0 Å². The molecule has 3 aliphatic rings. The van der Waals surface area contributed by atoms with Gasteiger partial charge in [0.15, 0.2) is 0 Å². The second kappa shape index (κ2) is 8.72. The molecule has 2 atom stereocenters. The molecule has 2 amide bonds. The number of rotatable bonds is 5. The van der Waals surface area contributed by atoms with E-state index in [1.165, 1.54) is 0 Å². The average molecular weight is 472 g/mol. The molecule has 176 valence electrons. The Balaban J connectivity index is 1.26. The zero-order chi connectivity index (χ0) is 23.2. The highest BCUT2D eigenvalue weighted by Gasteiger charge is 2.33. The molecule has 0 aromatic carbocycles. The highest BCUT2D eigenvalue weighted by Crippen LogP contribution is 2.39. The topological polar surface area (TPSA) is 98.1 Å². The Morgan fingerprint density at radius 1 is 1.15 bits per heavy atom. The smallest absolute Gasteiger partial charge is 0.228 e. The SMILES string of the molecule is CC1(C)Cc2c(-c3cc(NC(=O)[C@H]4CCC[C@@H](NC(=O)C5COC5)C4)ncc3Cl)cnn2C1. The lowest BCUT2D eigenvalue weighted by atomic mass is 9.84. The number of anilines is 1. The van der Waals surface area contributed by atoms with Crippen LogP contribution in [-0.4, -0.2) is 45.8 Å². The van der Waals surface area contributed by atoms with Crippen LogP contribution in [0.25, 0.3) is 11.1 Å². The second-order valence-electron chi connectivity index (χ2n) is 10.3. The first-order valence-electron chi connectivity index (χ1n) is 11.7. The molecular formula is C24H30ClN5O3. The van der Waals surface area contributed by atoms with E-state index in [1.807, 2.05) is 16.9 Å². The molecule has 2 fully saturated rings. The molecule has 5 rings (SSSR count). The number of carbonyl (C=O) groups is 2. The van der Waals surface area contributed by atoms with Gasteiger partial charge in [0.25, 0.3) is 0 Å². The van der Waals surface area contributed by atoms with Gasteiger partial charge in [0.05, 0.1) is 30.4 Å². The Morgan fingerprint density at radius 2 is 1.97 bits per heavy atom.